The van der Waals surface area contributed by atoms with Gasteiger partial charge in [-0.05, 0) is 31.5 Å². The van der Waals surface area contributed by atoms with Gasteiger partial charge in [0.25, 0.3) is 0 Å². The SMILES string of the molecule is CCC(C)OC(=O)c1cc(S(N)(=O)=O)ccc1OC. The van der Waals surface area contributed by atoms with Crippen molar-refractivity contribution in [2.24, 2.45) is 5.14 Å². The molecule has 1 rings (SSSR count). The fraction of sp³-hybridized carbons (Fsp3) is 0.417. The number of carbonyl (C=O) groups excluding carboxylic acids is 1. The zero-order chi connectivity index (χ0) is 14.6. The standard InChI is InChI=1S/C12H17NO5S/c1-4-8(2)18-12(14)10-7-9(19(13,15)16)5-6-11(10)17-3/h5-8H,4H2,1-3H3,(H2,13,15,16). The van der Waals surface area contributed by atoms with Crippen molar-refractivity contribution < 1.29 is 22.7 Å². The molecule has 0 bridgehead atoms. The summed E-state index contributed by atoms with van der Waals surface area (Å²) < 4.78 is 32.7. The number of primary sulfonamides is 1. The van der Waals surface area contributed by atoms with E-state index in [0.29, 0.717) is 6.42 Å². The molecular weight excluding hydrogens is 270 g/mol. The van der Waals surface area contributed by atoms with Gasteiger partial charge in [-0.2, -0.15) is 0 Å². The Morgan fingerprint density at radius 3 is 2.53 bits per heavy atom. The maximum Gasteiger partial charge on any atom is 0.342 e. The van der Waals surface area contributed by atoms with E-state index in [2.05, 4.69) is 0 Å². The zero-order valence-electron chi connectivity index (χ0n) is 11.0. The highest BCUT2D eigenvalue weighted by atomic mass is 32.2. The Morgan fingerprint density at radius 2 is 2.05 bits per heavy atom. The van der Waals surface area contributed by atoms with E-state index in [1.807, 2.05) is 6.92 Å². The smallest absolute Gasteiger partial charge is 0.342 e. The van der Waals surface area contributed by atoms with Gasteiger partial charge in [0, 0.05) is 0 Å². The first-order chi connectivity index (χ1) is 8.79. The number of hydrogen-bond donors (Lipinski definition) is 1. The molecule has 0 aliphatic heterocycles. The van der Waals surface area contributed by atoms with Gasteiger partial charge < -0.3 is 9.47 Å². The molecule has 0 saturated carbocycles. The van der Waals surface area contributed by atoms with Crippen LogP contribution in [0, 0.1) is 0 Å². The predicted octanol–water partition coefficient (Wildman–Crippen LogP) is 1.30. The largest absolute Gasteiger partial charge is 0.496 e. The summed E-state index contributed by atoms with van der Waals surface area (Å²) in [6.07, 6.45) is 0.387. The van der Waals surface area contributed by atoms with Crippen LogP contribution in [0.1, 0.15) is 30.6 Å². The van der Waals surface area contributed by atoms with Gasteiger partial charge in [-0.15, -0.1) is 0 Å². The number of hydrogen-bond acceptors (Lipinski definition) is 5. The summed E-state index contributed by atoms with van der Waals surface area (Å²) in [5.41, 5.74) is 0.0364. The van der Waals surface area contributed by atoms with Crippen LogP contribution < -0.4 is 9.88 Å². The van der Waals surface area contributed by atoms with Gasteiger partial charge in [0.05, 0.1) is 18.1 Å². The number of methoxy groups -OCH3 is 1. The lowest BCUT2D eigenvalue weighted by molar-refractivity contribution is 0.0330. The van der Waals surface area contributed by atoms with E-state index in [4.69, 9.17) is 14.6 Å². The molecule has 7 heteroatoms. The van der Waals surface area contributed by atoms with Crippen LogP contribution >= 0.6 is 0 Å². The number of carbonyl (C=O) groups is 1. The van der Waals surface area contributed by atoms with Crippen molar-refractivity contribution in [3.8, 4) is 5.75 Å². The van der Waals surface area contributed by atoms with Crippen LogP contribution in [0.5, 0.6) is 5.75 Å². The molecule has 0 saturated heterocycles. The van der Waals surface area contributed by atoms with E-state index in [0.717, 1.165) is 6.07 Å². The molecule has 2 N–H and O–H groups in total. The maximum absolute atomic E-state index is 11.9. The van der Waals surface area contributed by atoms with Gasteiger partial charge in [-0.1, -0.05) is 6.92 Å². The Hall–Kier alpha value is -1.60. The van der Waals surface area contributed by atoms with E-state index in [1.54, 1.807) is 6.92 Å². The highest BCUT2D eigenvalue weighted by Gasteiger charge is 2.19. The number of ether oxygens (including phenoxy) is 2. The lowest BCUT2D eigenvalue weighted by Crippen LogP contribution is -2.17. The van der Waals surface area contributed by atoms with Crippen LogP contribution in [0.25, 0.3) is 0 Å². The Kier molecular flexibility index (Phi) is 4.90. The van der Waals surface area contributed by atoms with Crippen LogP contribution in [-0.4, -0.2) is 27.6 Å². The van der Waals surface area contributed by atoms with Crippen LogP contribution in [0.3, 0.4) is 0 Å². The average Bonchev–Trinajstić information content (AvgIpc) is 2.36. The van der Waals surface area contributed by atoms with Gasteiger partial charge in [-0.3, -0.25) is 0 Å². The summed E-state index contributed by atoms with van der Waals surface area (Å²) in [6, 6.07) is 3.79. The third kappa shape index (κ3) is 3.93. The van der Waals surface area contributed by atoms with Crippen LogP contribution in [0.15, 0.2) is 23.1 Å². The molecule has 0 aromatic heterocycles. The second-order valence-electron chi connectivity index (χ2n) is 4.03. The fourth-order valence-corrected chi connectivity index (χ4v) is 1.89. The van der Waals surface area contributed by atoms with Crippen molar-refractivity contribution in [3.05, 3.63) is 23.8 Å². The molecule has 0 fully saturated rings. The van der Waals surface area contributed by atoms with E-state index in [-0.39, 0.29) is 22.3 Å². The first-order valence-electron chi connectivity index (χ1n) is 5.71. The Bertz CT molecular complexity index is 567. The normalized spacial score (nSPS) is 12.8. The number of nitrogens with two attached hydrogens (primary N) is 1. The first-order valence-corrected chi connectivity index (χ1v) is 7.26. The minimum absolute atomic E-state index is 0.0364. The second kappa shape index (κ2) is 6.03. The van der Waals surface area contributed by atoms with Crippen LogP contribution in [-0.2, 0) is 14.8 Å². The molecule has 19 heavy (non-hydrogen) atoms. The van der Waals surface area contributed by atoms with E-state index in [9.17, 15) is 13.2 Å². The Balaban J connectivity index is 3.20. The highest BCUT2D eigenvalue weighted by Crippen LogP contribution is 2.23. The topological polar surface area (TPSA) is 95.7 Å². The van der Waals surface area contributed by atoms with Crippen molar-refractivity contribution in [1.82, 2.24) is 0 Å². The van der Waals surface area contributed by atoms with Gasteiger partial charge >= 0.3 is 5.97 Å². The average molecular weight is 287 g/mol. The predicted molar refractivity (Wildman–Crippen MR) is 69.5 cm³/mol. The molecule has 1 atom stereocenters. The molecule has 0 amide bonds. The minimum Gasteiger partial charge on any atom is -0.496 e. The zero-order valence-corrected chi connectivity index (χ0v) is 11.9. The number of sulfonamides is 1. The van der Waals surface area contributed by atoms with Gasteiger partial charge in [-0.25, -0.2) is 18.4 Å². The van der Waals surface area contributed by atoms with Crippen molar-refractivity contribution in [2.45, 2.75) is 31.3 Å². The Morgan fingerprint density at radius 1 is 1.42 bits per heavy atom. The molecule has 0 heterocycles. The minimum atomic E-state index is -3.88. The lowest BCUT2D eigenvalue weighted by atomic mass is 10.2. The molecule has 1 aromatic rings. The molecule has 0 aliphatic carbocycles. The van der Waals surface area contributed by atoms with Crippen molar-refractivity contribution in [2.75, 3.05) is 7.11 Å². The molecule has 106 valence electrons. The third-order valence-electron chi connectivity index (χ3n) is 2.60. The third-order valence-corrected chi connectivity index (χ3v) is 3.51. The van der Waals surface area contributed by atoms with Gasteiger partial charge in [0.15, 0.2) is 0 Å². The monoisotopic (exact) mass is 287 g/mol. The van der Waals surface area contributed by atoms with Crippen molar-refractivity contribution in [1.29, 1.82) is 0 Å². The van der Waals surface area contributed by atoms with Gasteiger partial charge in [0.2, 0.25) is 10.0 Å². The molecule has 1 unspecified atom stereocenters. The summed E-state index contributed by atoms with van der Waals surface area (Å²) >= 11 is 0. The summed E-state index contributed by atoms with van der Waals surface area (Å²) in [6.45, 7) is 3.61. The molecular formula is C12H17NO5S. The number of benzene rings is 1. The van der Waals surface area contributed by atoms with Crippen LogP contribution in [0.4, 0.5) is 0 Å². The number of esters is 1. The molecule has 0 aliphatic rings. The van der Waals surface area contributed by atoms with Crippen molar-refractivity contribution in [3.63, 3.8) is 0 Å². The van der Waals surface area contributed by atoms with E-state index < -0.39 is 16.0 Å². The highest BCUT2D eigenvalue weighted by molar-refractivity contribution is 7.89. The molecule has 0 spiro atoms. The van der Waals surface area contributed by atoms with E-state index >= 15 is 0 Å². The van der Waals surface area contributed by atoms with Gasteiger partial charge in [0.1, 0.15) is 11.3 Å². The van der Waals surface area contributed by atoms with Crippen molar-refractivity contribution >= 4 is 16.0 Å². The second-order valence-corrected chi connectivity index (χ2v) is 5.59. The quantitative estimate of drug-likeness (QED) is 0.823. The summed E-state index contributed by atoms with van der Waals surface area (Å²) in [5.74, 6) is -0.405. The summed E-state index contributed by atoms with van der Waals surface area (Å²) in [5, 5.41) is 5.02. The Labute approximate surface area is 112 Å². The summed E-state index contributed by atoms with van der Waals surface area (Å²) in [4.78, 5) is 11.8. The number of rotatable bonds is 5. The fourth-order valence-electron chi connectivity index (χ4n) is 1.35. The molecule has 6 nitrogen and oxygen atoms in total. The van der Waals surface area contributed by atoms with Crippen LogP contribution in [0.2, 0.25) is 0 Å². The summed E-state index contributed by atoms with van der Waals surface area (Å²) in [7, 11) is -2.50. The molecule has 0 radical (unpaired) electrons. The maximum atomic E-state index is 11.9. The molecule has 1 aromatic carbocycles. The van der Waals surface area contributed by atoms with E-state index in [1.165, 1.54) is 19.2 Å². The first kappa shape index (κ1) is 15.5. The lowest BCUT2D eigenvalue weighted by Gasteiger charge is -2.13.